The van der Waals surface area contributed by atoms with Crippen LogP contribution in [0.1, 0.15) is 24.1 Å². The van der Waals surface area contributed by atoms with E-state index in [0.29, 0.717) is 11.9 Å². The Morgan fingerprint density at radius 3 is 2.80 bits per heavy atom. The van der Waals surface area contributed by atoms with Gasteiger partial charge in [0.15, 0.2) is 0 Å². The van der Waals surface area contributed by atoms with E-state index in [1.165, 1.54) is 11.3 Å². The van der Waals surface area contributed by atoms with Gasteiger partial charge in [0, 0.05) is 48.0 Å². The van der Waals surface area contributed by atoms with Crippen molar-refractivity contribution in [3.05, 3.63) is 47.8 Å². The van der Waals surface area contributed by atoms with Gasteiger partial charge in [-0.25, -0.2) is 9.97 Å². The Morgan fingerprint density at radius 1 is 1.17 bits per heavy atom. The highest BCUT2D eigenvalue weighted by Crippen LogP contribution is 2.31. The van der Waals surface area contributed by atoms with Gasteiger partial charge in [0.05, 0.1) is 16.7 Å². The van der Waals surface area contributed by atoms with Crippen molar-refractivity contribution >= 4 is 39.1 Å². The number of hydrogen-bond donors (Lipinski definition) is 3. The van der Waals surface area contributed by atoms with Crippen LogP contribution in [-0.2, 0) is 0 Å². The van der Waals surface area contributed by atoms with Crippen LogP contribution in [0.25, 0.3) is 21.8 Å². The fourth-order valence-corrected chi connectivity index (χ4v) is 4.35. The number of anilines is 3. The van der Waals surface area contributed by atoms with Crippen molar-refractivity contribution < 1.29 is 5.11 Å². The lowest BCUT2D eigenvalue weighted by atomic mass is 9.96. The van der Waals surface area contributed by atoms with Crippen LogP contribution in [0, 0.1) is 19.8 Å². The molecule has 1 fully saturated rings. The van der Waals surface area contributed by atoms with Crippen molar-refractivity contribution in [2.24, 2.45) is 5.92 Å². The Hall–Kier alpha value is -3.19. The number of hydrogen-bond acceptors (Lipinski definition) is 6. The molecule has 0 radical (unpaired) electrons. The first-order valence-corrected chi connectivity index (χ1v) is 10.5. The molecule has 0 bridgehead atoms. The fourth-order valence-electron chi connectivity index (χ4n) is 4.35. The van der Waals surface area contributed by atoms with Gasteiger partial charge in [-0.05, 0) is 68.5 Å². The highest BCUT2D eigenvalue weighted by Gasteiger charge is 2.20. The van der Waals surface area contributed by atoms with Crippen LogP contribution in [0.2, 0.25) is 0 Å². The maximum Gasteiger partial charge on any atom is 0.227 e. The molecule has 0 amide bonds. The van der Waals surface area contributed by atoms with Crippen molar-refractivity contribution in [1.82, 2.24) is 20.2 Å². The molecule has 1 aliphatic heterocycles. The first-order valence-electron chi connectivity index (χ1n) is 10.5. The first kappa shape index (κ1) is 18.8. The van der Waals surface area contributed by atoms with E-state index in [4.69, 9.17) is 4.98 Å². The number of fused-ring (bicyclic) bond motifs is 2. The Morgan fingerprint density at radius 2 is 2.00 bits per heavy atom. The lowest BCUT2D eigenvalue weighted by molar-refractivity contribution is 0.203. The van der Waals surface area contributed by atoms with Gasteiger partial charge in [-0.3, -0.25) is 5.10 Å². The quantitative estimate of drug-likeness (QED) is 0.477. The van der Waals surface area contributed by atoms with Gasteiger partial charge < -0.3 is 15.3 Å². The monoisotopic (exact) mass is 402 g/mol. The molecule has 2 aromatic heterocycles. The molecule has 1 saturated heterocycles. The first-order chi connectivity index (χ1) is 14.6. The number of nitrogens with zero attached hydrogens (tertiary/aromatic N) is 4. The van der Waals surface area contributed by atoms with E-state index in [9.17, 15) is 5.11 Å². The second-order valence-electron chi connectivity index (χ2n) is 8.15. The average molecular weight is 403 g/mol. The topological polar surface area (TPSA) is 90.0 Å². The van der Waals surface area contributed by atoms with Crippen molar-refractivity contribution in [1.29, 1.82) is 0 Å². The van der Waals surface area contributed by atoms with Crippen LogP contribution in [0.15, 0.2) is 36.5 Å². The predicted molar refractivity (Wildman–Crippen MR) is 120 cm³/mol. The van der Waals surface area contributed by atoms with Crippen LogP contribution in [0.4, 0.5) is 17.3 Å². The van der Waals surface area contributed by atoms with Crippen molar-refractivity contribution in [3.63, 3.8) is 0 Å². The summed E-state index contributed by atoms with van der Waals surface area (Å²) in [6, 6.07) is 10.4. The molecular formula is C23H26N6O. The molecule has 3 N–H and O–H groups in total. The summed E-state index contributed by atoms with van der Waals surface area (Å²) in [5.74, 6) is 1.01. The number of nitrogens with one attached hydrogen (secondary N) is 2. The standard InChI is InChI=1S/C23H26N6O/c1-14-21(29-9-7-16(13-30)8-10-29)6-3-17-12-24-23(26-22(14)17)25-18-4-5-19-15(2)27-28-20(19)11-18/h3-6,11-12,16,30H,7-10,13H2,1-2H3,(H,27,28)(H,24,25,26). The number of aliphatic hydroxyl groups is 1. The molecule has 1 aliphatic rings. The van der Waals surface area contributed by atoms with Gasteiger partial charge in [-0.15, -0.1) is 0 Å². The van der Waals surface area contributed by atoms with E-state index >= 15 is 0 Å². The third-order valence-corrected chi connectivity index (χ3v) is 6.20. The molecule has 0 spiro atoms. The van der Waals surface area contributed by atoms with Gasteiger partial charge in [0.1, 0.15) is 0 Å². The molecule has 30 heavy (non-hydrogen) atoms. The summed E-state index contributed by atoms with van der Waals surface area (Å²) in [4.78, 5) is 11.7. The Bertz CT molecular complexity index is 1210. The molecule has 0 aliphatic carbocycles. The summed E-state index contributed by atoms with van der Waals surface area (Å²) in [5.41, 5.74) is 6.25. The molecule has 4 aromatic rings. The summed E-state index contributed by atoms with van der Waals surface area (Å²) >= 11 is 0. The van der Waals surface area contributed by atoms with Gasteiger partial charge in [-0.2, -0.15) is 5.10 Å². The molecule has 0 atom stereocenters. The largest absolute Gasteiger partial charge is 0.396 e. The molecule has 7 nitrogen and oxygen atoms in total. The van der Waals surface area contributed by atoms with Crippen LogP contribution in [0.3, 0.4) is 0 Å². The molecule has 0 saturated carbocycles. The van der Waals surface area contributed by atoms with Gasteiger partial charge >= 0.3 is 0 Å². The van der Waals surface area contributed by atoms with Crippen molar-refractivity contribution in [2.75, 3.05) is 29.9 Å². The molecule has 3 heterocycles. The maximum atomic E-state index is 9.41. The summed E-state index contributed by atoms with van der Waals surface area (Å²) in [5, 5.41) is 22.2. The Kier molecular flexibility index (Phi) is 4.75. The van der Waals surface area contributed by atoms with Crippen molar-refractivity contribution in [3.8, 4) is 0 Å². The highest BCUT2D eigenvalue weighted by molar-refractivity contribution is 5.88. The van der Waals surface area contributed by atoms with E-state index in [0.717, 1.165) is 59.1 Å². The van der Waals surface area contributed by atoms with E-state index in [1.807, 2.05) is 25.3 Å². The van der Waals surface area contributed by atoms with Crippen LogP contribution in [0.5, 0.6) is 0 Å². The maximum absolute atomic E-state index is 9.41. The molecule has 7 heteroatoms. The molecule has 0 unspecified atom stereocenters. The van der Waals surface area contributed by atoms with Gasteiger partial charge in [0.25, 0.3) is 0 Å². The van der Waals surface area contributed by atoms with E-state index < -0.39 is 0 Å². The molecular weight excluding hydrogens is 376 g/mol. The SMILES string of the molecule is Cc1n[nH]c2cc(Nc3ncc4ccc(N5CCC(CO)CC5)c(C)c4n3)ccc12. The highest BCUT2D eigenvalue weighted by atomic mass is 16.3. The number of aliphatic hydroxyl groups excluding tert-OH is 1. The number of rotatable bonds is 4. The van der Waals surface area contributed by atoms with Gasteiger partial charge in [0.2, 0.25) is 5.95 Å². The van der Waals surface area contributed by atoms with E-state index in [-0.39, 0.29) is 6.61 Å². The number of aromatic amines is 1. The minimum atomic E-state index is 0.288. The molecule has 2 aromatic carbocycles. The minimum Gasteiger partial charge on any atom is -0.396 e. The zero-order valence-electron chi connectivity index (χ0n) is 17.3. The third-order valence-electron chi connectivity index (χ3n) is 6.20. The lowest BCUT2D eigenvalue weighted by Gasteiger charge is -2.34. The minimum absolute atomic E-state index is 0.288. The number of aromatic nitrogens is 4. The van der Waals surface area contributed by atoms with Crippen LogP contribution in [-0.4, -0.2) is 45.0 Å². The van der Waals surface area contributed by atoms with Crippen LogP contribution < -0.4 is 10.2 Å². The van der Waals surface area contributed by atoms with E-state index in [1.54, 1.807) is 0 Å². The second-order valence-corrected chi connectivity index (χ2v) is 8.15. The second kappa shape index (κ2) is 7.57. The van der Waals surface area contributed by atoms with E-state index in [2.05, 4.69) is 50.5 Å². The summed E-state index contributed by atoms with van der Waals surface area (Å²) in [7, 11) is 0. The van der Waals surface area contributed by atoms with Crippen molar-refractivity contribution in [2.45, 2.75) is 26.7 Å². The third kappa shape index (κ3) is 3.35. The number of aryl methyl sites for hydroxylation is 2. The zero-order valence-corrected chi connectivity index (χ0v) is 17.3. The summed E-state index contributed by atoms with van der Waals surface area (Å²) < 4.78 is 0. The summed E-state index contributed by atoms with van der Waals surface area (Å²) in [6.07, 6.45) is 3.93. The van der Waals surface area contributed by atoms with Gasteiger partial charge in [-0.1, -0.05) is 0 Å². The summed E-state index contributed by atoms with van der Waals surface area (Å²) in [6.45, 7) is 6.35. The Balaban J connectivity index is 1.44. The lowest BCUT2D eigenvalue weighted by Crippen LogP contribution is -2.35. The Labute approximate surface area is 175 Å². The fraction of sp³-hybridized carbons (Fsp3) is 0.348. The number of H-pyrrole nitrogens is 1. The smallest absolute Gasteiger partial charge is 0.227 e. The predicted octanol–water partition coefficient (Wildman–Crippen LogP) is 4.08. The zero-order chi connectivity index (χ0) is 20.7. The number of piperidine rings is 1. The normalized spacial score (nSPS) is 15.2. The van der Waals surface area contributed by atoms with Crippen LogP contribution >= 0.6 is 0 Å². The average Bonchev–Trinajstić information content (AvgIpc) is 3.14. The number of benzene rings is 2. The molecule has 5 rings (SSSR count). The molecule has 154 valence electrons.